The molecule has 0 radical (unpaired) electrons. The minimum absolute atomic E-state index is 0. The molecule has 0 bridgehead atoms. The molecule has 0 spiro atoms. The molecule has 8 nitrogen and oxygen atoms in total. The standard InChI is InChI=1S/C18H34N4O4.HI/c1-3-19-18(21-13-17(23)20-8-12-24-2)22-9-6-15(7-10-22)26-14-16-5-4-11-25-16;/h15-16H,3-14H2,1-2H3,(H,19,21)(H,20,23);1H. The van der Waals surface area contributed by atoms with Crippen LogP contribution in [0.5, 0.6) is 0 Å². The Hall–Kier alpha value is -0.650. The number of halogens is 1. The van der Waals surface area contributed by atoms with Gasteiger partial charge in [-0.1, -0.05) is 0 Å². The SMILES string of the molecule is CCNC(=NCC(=O)NCCOC)N1CCC(OCC2CCCO2)CC1.I. The number of ether oxygens (including phenoxy) is 3. The molecule has 2 aliphatic rings. The van der Waals surface area contributed by atoms with Crippen molar-refractivity contribution in [2.24, 2.45) is 4.99 Å². The number of likely N-dealkylation sites (tertiary alicyclic amines) is 1. The fraction of sp³-hybridized carbons (Fsp3) is 0.889. The van der Waals surface area contributed by atoms with E-state index in [2.05, 4.69) is 20.5 Å². The summed E-state index contributed by atoms with van der Waals surface area (Å²) in [4.78, 5) is 18.5. The van der Waals surface area contributed by atoms with Crippen LogP contribution in [0, 0.1) is 0 Å². The van der Waals surface area contributed by atoms with Crippen molar-refractivity contribution in [3.8, 4) is 0 Å². The van der Waals surface area contributed by atoms with Crippen molar-refractivity contribution >= 4 is 35.8 Å². The van der Waals surface area contributed by atoms with Crippen LogP contribution in [-0.2, 0) is 19.0 Å². The molecule has 2 fully saturated rings. The van der Waals surface area contributed by atoms with Crippen molar-refractivity contribution in [3.05, 3.63) is 0 Å². The zero-order chi connectivity index (χ0) is 18.6. The van der Waals surface area contributed by atoms with E-state index < -0.39 is 0 Å². The molecular formula is C18H35IN4O4. The Morgan fingerprint density at radius 1 is 1.26 bits per heavy atom. The van der Waals surface area contributed by atoms with Crippen LogP contribution in [0.2, 0.25) is 0 Å². The molecule has 1 unspecified atom stereocenters. The summed E-state index contributed by atoms with van der Waals surface area (Å²) in [5.41, 5.74) is 0. The highest BCUT2D eigenvalue weighted by Gasteiger charge is 2.24. The number of carbonyl (C=O) groups is 1. The summed E-state index contributed by atoms with van der Waals surface area (Å²) < 4.78 is 16.6. The summed E-state index contributed by atoms with van der Waals surface area (Å²) in [5, 5.41) is 6.06. The van der Waals surface area contributed by atoms with Crippen molar-refractivity contribution < 1.29 is 19.0 Å². The van der Waals surface area contributed by atoms with Gasteiger partial charge in [0.05, 0.1) is 25.4 Å². The first-order chi connectivity index (χ1) is 12.7. The van der Waals surface area contributed by atoms with Crippen LogP contribution < -0.4 is 10.6 Å². The number of rotatable bonds is 9. The number of nitrogens with zero attached hydrogens (tertiary/aromatic N) is 2. The van der Waals surface area contributed by atoms with Crippen molar-refractivity contribution in [2.45, 2.75) is 44.8 Å². The molecule has 1 atom stereocenters. The third-order valence-electron chi connectivity index (χ3n) is 4.62. The topological polar surface area (TPSA) is 84.4 Å². The Labute approximate surface area is 179 Å². The average Bonchev–Trinajstić information content (AvgIpc) is 3.18. The van der Waals surface area contributed by atoms with E-state index in [4.69, 9.17) is 14.2 Å². The highest BCUT2D eigenvalue weighted by Crippen LogP contribution is 2.17. The molecule has 2 rings (SSSR count). The van der Waals surface area contributed by atoms with E-state index in [9.17, 15) is 4.79 Å². The first kappa shape index (κ1) is 24.4. The monoisotopic (exact) mass is 498 g/mol. The maximum atomic E-state index is 11.8. The molecule has 0 aromatic heterocycles. The normalized spacial score (nSPS) is 21.0. The van der Waals surface area contributed by atoms with Crippen LogP contribution in [0.15, 0.2) is 4.99 Å². The first-order valence-corrected chi connectivity index (χ1v) is 9.75. The van der Waals surface area contributed by atoms with E-state index in [-0.39, 0.29) is 48.6 Å². The van der Waals surface area contributed by atoms with E-state index >= 15 is 0 Å². The quantitative estimate of drug-likeness (QED) is 0.214. The van der Waals surface area contributed by atoms with Gasteiger partial charge < -0.3 is 29.7 Å². The lowest BCUT2D eigenvalue weighted by atomic mass is 10.1. The smallest absolute Gasteiger partial charge is 0.241 e. The second kappa shape index (κ2) is 14.4. The summed E-state index contributed by atoms with van der Waals surface area (Å²) >= 11 is 0. The van der Waals surface area contributed by atoms with Crippen LogP contribution in [0.4, 0.5) is 0 Å². The molecular weight excluding hydrogens is 463 g/mol. The molecule has 27 heavy (non-hydrogen) atoms. The van der Waals surface area contributed by atoms with Crippen LogP contribution in [-0.4, -0.2) is 88.6 Å². The van der Waals surface area contributed by atoms with Gasteiger partial charge >= 0.3 is 0 Å². The number of piperidine rings is 1. The van der Waals surface area contributed by atoms with Gasteiger partial charge in [0.1, 0.15) is 6.54 Å². The molecule has 0 aromatic carbocycles. The van der Waals surface area contributed by atoms with E-state index in [1.54, 1.807) is 7.11 Å². The Kier molecular flexibility index (Phi) is 13.0. The van der Waals surface area contributed by atoms with Gasteiger partial charge in [0, 0.05) is 39.9 Å². The van der Waals surface area contributed by atoms with E-state index in [0.29, 0.717) is 19.8 Å². The van der Waals surface area contributed by atoms with Gasteiger partial charge in [0.15, 0.2) is 5.96 Å². The number of hydrogen-bond acceptors (Lipinski definition) is 5. The lowest BCUT2D eigenvalue weighted by Crippen LogP contribution is -2.47. The number of nitrogens with one attached hydrogen (secondary N) is 2. The van der Waals surface area contributed by atoms with Crippen LogP contribution >= 0.6 is 24.0 Å². The van der Waals surface area contributed by atoms with Crippen molar-refractivity contribution in [3.63, 3.8) is 0 Å². The highest BCUT2D eigenvalue weighted by molar-refractivity contribution is 14.0. The summed E-state index contributed by atoms with van der Waals surface area (Å²) in [6.45, 7) is 7.30. The first-order valence-electron chi connectivity index (χ1n) is 9.75. The van der Waals surface area contributed by atoms with Gasteiger partial charge in [0.25, 0.3) is 0 Å². The lowest BCUT2D eigenvalue weighted by molar-refractivity contribution is -0.119. The molecule has 0 aromatic rings. The Morgan fingerprint density at radius 3 is 2.67 bits per heavy atom. The molecule has 1 amide bonds. The van der Waals surface area contributed by atoms with E-state index in [1.807, 2.05) is 6.92 Å². The second-order valence-electron chi connectivity index (χ2n) is 6.67. The summed E-state index contributed by atoms with van der Waals surface area (Å²) in [6, 6.07) is 0. The summed E-state index contributed by atoms with van der Waals surface area (Å²) in [6.07, 6.45) is 4.77. The van der Waals surface area contributed by atoms with Crippen molar-refractivity contribution in [1.82, 2.24) is 15.5 Å². The maximum absolute atomic E-state index is 11.8. The summed E-state index contributed by atoms with van der Waals surface area (Å²) in [7, 11) is 1.61. The highest BCUT2D eigenvalue weighted by atomic mass is 127. The van der Waals surface area contributed by atoms with Crippen LogP contribution in [0.3, 0.4) is 0 Å². The molecule has 158 valence electrons. The van der Waals surface area contributed by atoms with Crippen LogP contribution in [0.25, 0.3) is 0 Å². The van der Waals surface area contributed by atoms with E-state index in [0.717, 1.165) is 57.9 Å². The number of guanidine groups is 1. The minimum atomic E-state index is -0.0905. The maximum Gasteiger partial charge on any atom is 0.241 e. The zero-order valence-electron chi connectivity index (χ0n) is 16.6. The van der Waals surface area contributed by atoms with Gasteiger partial charge in [-0.25, -0.2) is 4.99 Å². The van der Waals surface area contributed by atoms with Gasteiger partial charge in [-0.3, -0.25) is 4.79 Å². The number of aliphatic imine (C=N–C) groups is 1. The lowest BCUT2D eigenvalue weighted by Gasteiger charge is -2.34. The van der Waals surface area contributed by atoms with Gasteiger partial charge in [-0.05, 0) is 32.6 Å². The average molecular weight is 498 g/mol. The second-order valence-corrected chi connectivity index (χ2v) is 6.67. The molecule has 0 saturated carbocycles. The predicted octanol–water partition coefficient (Wildman–Crippen LogP) is 0.993. The molecule has 2 heterocycles. The Morgan fingerprint density at radius 2 is 2.04 bits per heavy atom. The number of carbonyl (C=O) groups excluding carboxylic acids is 1. The molecule has 2 saturated heterocycles. The third kappa shape index (κ3) is 9.40. The van der Waals surface area contributed by atoms with Gasteiger partial charge in [-0.2, -0.15) is 0 Å². The van der Waals surface area contributed by atoms with Crippen LogP contribution in [0.1, 0.15) is 32.6 Å². The van der Waals surface area contributed by atoms with Gasteiger partial charge in [0.2, 0.25) is 5.91 Å². The fourth-order valence-corrected chi connectivity index (χ4v) is 3.17. The Balaban J connectivity index is 0.00000364. The Bertz CT molecular complexity index is 439. The molecule has 2 N–H and O–H groups in total. The number of methoxy groups -OCH3 is 1. The minimum Gasteiger partial charge on any atom is -0.383 e. The molecule has 9 heteroatoms. The molecule has 2 aliphatic heterocycles. The van der Waals surface area contributed by atoms with E-state index in [1.165, 1.54) is 0 Å². The summed E-state index contributed by atoms with van der Waals surface area (Å²) in [5.74, 6) is 0.708. The largest absolute Gasteiger partial charge is 0.383 e. The van der Waals surface area contributed by atoms with Gasteiger partial charge in [-0.15, -0.1) is 24.0 Å². The van der Waals surface area contributed by atoms with Crippen molar-refractivity contribution in [1.29, 1.82) is 0 Å². The van der Waals surface area contributed by atoms with Crippen molar-refractivity contribution in [2.75, 3.05) is 59.7 Å². The zero-order valence-corrected chi connectivity index (χ0v) is 18.9. The fourth-order valence-electron chi connectivity index (χ4n) is 3.17. The third-order valence-corrected chi connectivity index (χ3v) is 4.62. The number of amides is 1. The molecule has 0 aliphatic carbocycles. The predicted molar refractivity (Wildman–Crippen MR) is 116 cm³/mol. The number of hydrogen-bond donors (Lipinski definition) is 2.